The summed E-state index contributed by atoms with van der Waals surface area (Å²) in [5, 5.41) is 2.74. The molecule has 110 valence electrons. The van der Waals surface area contributed by atoms with Crippen LogP contribution in [0.15, 0.2) is 0 Å². The quantitative estimate of drug-likeness (QED) is 0.788. The molecule has 19 heavy (non-hydrogen) atoms. The molecule has 2 unspecified atom stereocenters. The van der Waals surface area contributed by atoms with Gasteiger partial charge in [-0.1, -0.05) is 13.8 Å². The lowest BCUT2D eigenvalue weighted by Crippen LogP contribution is -2.63. The third-order valence-corrected chi connectivity index (χ3v) is 3.17. The van der Waals surface area contributed by atoms with Gasteiger partial charge in [-0.25, -0.2) is 0 Å². The Hall–Kier alpha value is -1.10. The normalized spacial score (nSPS) is 24.3. The lowest BCUT2D eigenvalue weighted by molar-refractivity contribution is -0.150. The summed E-state index contributed by atoms with van der Waals surface area (Å²) in [6, 6.07) is -0.797. The van der Waals surface area contributed by atoms with Crippen LogP contribution in [0.1, 0.15) is 41.0 Å². The van der Waals surface area contributed by atoms with Crippen molar-refractivity contribution in [2.75, 3.05) is 13.2 Å². The summed E-state index contributed by atoms with van der Waals surface area (Å²) < 4.78 is 5.49. The van der Waals surface area contributed by atoms with E-state index in [2.05, 4.69) is 19.2 Å². The van der Waals surface area contributed by atoms with E-state index in [-0.39, 0.29) is 24.0 Å². The minimum absolute atomic E-state index is 0.0161. The molecule has 0 aromatic carbocycles. The third-order valence-electron chi connectivity index (χ3n) is 3.17. The van der Waals surface area contributed by atoms with E-state index < -0.39 is 6.04 Å². The van der Waals surface area contributed by atoms with Crippen molar-refractivity contribution in [1.82, 2.24) is 10.2 Å². The lowest BCUT2D eigenvalue weighted by Gasteiger charge is -2.38. The van der Waals surface area contributed by atoms with Crippen LogP contribution in [-0.4, -0.2) is 48.1 Å². The SMILES string of the molecule is CC(C)CC1C(=O)NC(C)C(=O)N1CCOC(C)C. The second kappa shape index (κ2) is 6.89. The Morgan fingerprint density at radius 3 is 2.42 bits per heavy atom. The molecule has 0 aromatic rings. The lowest BCUT2D eigenvalue weighted by atomic mass is 9.98. The first-order valence-corrected chi connectivity index (χ1v) is 7.05. The number of carbonyl (C=O) groups is 2. The number of piperazine rings is 1. The van der Waals surface area contributed by atoms with Crippen LogP contribution < -0.4 is 5.32 Å². The smallest absolute Gasteiger partial charge is 0.245 e. The Balaban J connectivity index is 2.71. The molecule has 1 N–H and O–H groups in total. The van der Waals surface area contributed by atoms with E-state index in [4.69, 9.17) is 4.74 Å². The number of rotatable bonds is 6. The van der Waals surface area contributed by atoms with Gasteiger partial charge in [0.25, 0.3) is 0 Å². The molecule has 1 aliphatic heterocycles. The van der Waals surface area contributed by atoms with Crippen LogP contribution in [0, 0.1) is 5.92 Å². The largest absolute Gasteiger partial charge is 0.377 e. The van der Waals surface area contributed by atoms with Gasteiger partial charge in [0.2, 0.25) is 11.8 Å². The average molecular weight is 270 g/mol. The number of nitrogens with zero attached hydrogens (tertiary/aromatic N) is 1. The molecule has 2 amide bonds. The Morgan fingerprint density at radius 2 is 1.89 bits per heavy atom. The Labute approximate surface area is 115 Å². The molecule has 0 aliphatic carbocycles. The molecule has 1 fully saturated rings. The summed E-state index contributed by atoms with van der Waals surface area (Å²) in [6.07, 6.45) is 0.820. The maximum atomic E-state index is 12.2. The topological polar surface area (TPSA) is 58.6 Å². The van der Waals surface area contributed by atoms with Crippen molar-refractivity contribution < 1.29 is 14.3 Å². The summed E-state index contributed by atoms with van der Waals surface area (Å²) in [5.41, 5.74) is 0. The minimum Gasteiger partial charge on any atom is -0.377 e. The molecule has 2 atom stereocenters. The summed E-state index contributed by atoms with van der Waals surface area (Å²) in [5.74, 6) is 0.299. The van der Waals surface area contributed by atoms with E-state index in [9.17, 15) is 9.59 Å². The van der Waals surface area contributed by atoms with Gasteiger partial charge in [0.1, 0.15) is 12.1 Å². The van der Waals surface area contributed by atoms with Gasteiger partial charge < -0.3 is 15.0 Å². The molecule has 5 nitrogen and oxygen atoms in total. The molecule has 1 heterocycles. The molecule has 1 rings (SSSR count). The molecule has 1 saturated heterocycles. The highest BCUT2D eigenvalue weighted by molar-refractivity contribution is 5.96. The standard InChI is InChI=1S/C14H26N2O3/c1-9(2)8-12-13(17)15-11(5)14(18)16(12)6-7-19-10(3)4/h9-12H,6-8H2,1-5H3,(H,15,17). The molecular formula is C14H26N2O3. The fourth-order valence-corrected chi connectivity index (χ4v) is 2.25. The Kier molecular flexibility index (Phi) is 5.79. The van der Waals surface area contributed by atoms with Gasteiger partial charge in [0, 0.05) is 6.54 Å². The second-order valence-corrected chi connectivity index (χ2v) is 5.83. The van der Waals surface area contributed by atoms with Crippen LogP contribution in [0.25, 0.3) is 0 Å². The molecular weight excluding hydrogens is 244 g/mol. The van der Waals surface area contributed by atoms with Crippen molar-refractivity contribution in [1.29, 1.82) is 0 Å². The maximum Gasteiger partial charge on any atom is 0.245 e. The number of hydrogen-bond donors (Lipinski definition) is 1. The highest BCUT2D eigenvalue weighted by atomic mass is 16.5. The van der Waals surface area contributed by atoms with E-state index >= 15 is 0 Å². The summed E-state index contributed by atoms with van der Waals surface area (Å²) in [6.45, 7) is 10.7. The minimum atomic E-state index is -0.435. The molecule has 0 radical (unpaired) electrons. The van der Waals surface area contributed by atoms with Crippen molar-refractivity contribution >= 4 is 11.8 Å². The number of carbonyl (C=O) groups excluding carboxylic acids is 2. The molecule has 5 heteroatoms. The number of nitrogens with one attached hydrogen (secondary N) is 1. The van der Waals surface area contributed by atoms with Crippen molar-refractivity contribution in [2.24, 2.45) is 5.92 Å². The first kappa shape index (κ1) is 16.0. The third kappa shape index (κ3) is 4.49. The van der Waals surface area contributed by atoms with Gasteiger partial charge in [-0.3, -0.25) is 9.59 Å². The van der Waals surface area contributed by atoms with Gasteiger partial charge in [-0.2, -0.15) is 0 Å². The van der Waals surface area contributed by atoms with Gasteiger partial charge in [0.05, 0.1) is 12.7 Å². The van der Waals surface area contributed by atoms with Crippen molar-refractivity contribution in [2.45, 2.75) is 59.2 Å². The number of ether oxygens (including phenoxy) is 1. The van der Waals surface area contributed by atoms with E-state index in [1.807, 2.05) is 13.8 Å². The zero-order valence-corrected chi connectivity index (χ0v) is 12.6. The van der Waals surface area contributed by atoms with Gasteiger partial charge in [-0.05, 0) is 33.1 Å². The maximum absolute atomic E-state index is 12.2. The van der Waals surface area contributed by atoms with Crippen LogP contribution in [0.2, 0.25) is 0 Å². The van der Waals surface area contributed by atoms with Crippen LogP contribution in [0.3, 0.4) is 0 Å². The van der Waals surface area contributed by atoms with Crippen LogP contribution in [-0.2, 0) is 14.3 Å². The van der Waals surface area contributed by atoms with Crippen molar-refractivity contribution in [3.05, 3.63) is 0 Å². The van der Waals surface area contributed by atoms with Gasteiger partial charge in [0.15, 0.2) is 0 Å². The fourth-order valence-electron chi connectivity index (χ4n) is 2.25. The van der Waals surface area contributed by atoms with Crippen LogP contribution >= 0.6 is 0 Å². The first-order valence-electron chi connectivity index (χ1n) is 7.05. The van der Waals surface area contributed by atoms with Crippen LogP contribution in [0.5, 0.6) is 0 Å². The monoisotopic (exact) mass is 270 g/mol. The second-order valence-electron chi connectivity index (χ2n) is 5.83. The summed E-state index contributed by atoms with van der Waals surface area (Å²) >= 11 is 0. The Morgan fingerprint density at radius 1 is 1.26 bits per heavy atom. The molecule has 0 aromatic heterocycles. The highest BCUT2D eigenvalue weighted by Crippen LogP contribution is 2.17. The molecule has 0 bridgehead atoms. The van der Waals surface area contributed by atoms with Crippen molar-refractivity contribution in [3.63, 3.8) is 0 Å². The average Bonchev–Trinajstić information content (AvgIpc) is 2.29. The Bertz CT molecular complexity index is 329. The summed E-state index contributed by atoms with van der Waals surface area (Å²) in [4.78, 5) is 25.9. The predicted octanol–water partition coefficient (Wildman–Crippen LogP) is 1.17. The summed E-state index contributed by atoms with van der Waals surface area (Å²) in [7, 11) is 0. The molecule has 1 aliphatic rings. The highest BCUT2D eigenvalue weighted by Gasteiger charge is 2.38. The van der Waals surface area contributed by atoms with E-state index in [0.29, 0.717) is 25.5 Å². The van der Waals surface area contributed by atoms with E-state index in [0.717, 1.165) is 0 Å². The zero-order chi connectivity index (χ0) is 14.6. The fraction of sp³-hybridized carbons (Fsp3) is 0.857. The number of amides is 2. The number of hydrogen-bond acceptors (Lipinski definition) is 3. The zero-order valence-electron chi connectivity index (χ0n) is 12.6. The van der Waals surface area contributed by atoms with Gasteiger partial charge in [-0.15, -0.1) is 0 Å². The first-order chi connectivity index (χ1) is 8.82. The van der Waals surface area contributed by atoms with Gasteiger partial charge >= 0.3 is 0 Å². The molecule has 0 spiro atoms. The van der Waals surface area contributed by atoms with Crippen LogP contribution in [0.4, 0.5) is 0 Å². The van der Waals surface area contributed by atoms with Crippen molar-refractivity contribution in [3.8, 4) is 0 Å². The molecule has 0 saturated carbocycles. The van der Waals surface area contributed by atoms with E-state index in [1.54, 1.807) is 11.8 Å². The van der Waals surface area contributed by atoms with E-state index in [1.165, 1.54) is 0 Å². The predicted molar refractivity (Wildman–Crippen MR) is 73.6 cm³/mol.